The number of nitrogens with zero attached hydrogens (tertiary/aromatic N) is 3. The van der Waals surface area contributed by atoms with Gasteiger partial charge in [0.15, 0.2) is 5.82 Å². The first-order chi connectivity index (χ1) is 14.5. The van der Waals surface area contributed by atoms with Gasteiger partial charge in [0, 0.05) is 22.2 Å². The van der Waals surface area contributed by atoms with E-state index in [1.807, 2.05) is 6.07 Å². The number of nitrogens with one attached hydrogen (secondary N) is 1. The lowest BCUT2D eigenvalue weighted by Gasteiger charge is -2.38. The molecule has 0 amide bonds. The molecule has 5 rings (SSSR count). The molecule has 0 radical (unpaired) electrons. The Morgan fingerprint density at radius 3 is 2.90 bits per heavy atom. The molecule has 0 spiro atoms. The largest absolute Gasteiger partial charge is 0.350 e. The number of likely N-dealkylation sites (N-methyl/N-ethyl adjacent to an activating group) is 1. The minimum atomic E-state index is -0.489. The topological polar surface area (TPSA) is 41.0 Å². The van der Waals surface area contributed by atoms with Gasteiger partial charge in [0.05, 0.1) is 33.3 Å². The molecule has 0 unspecified atom stereocenters. The number of anilines is 2. The Bertz CT molecular complexity index is 1220. The summed E-state index contributed by atoms with van der Waals surface area (Å²) < 4.78 is 30.2. The van der Waals surface area contributed by atoms with Crippen LogP contribution in [0.15, 0.2) is 29.9 Å². The monoisotopic (exact) mass is 444 g/mol. The van der Waals surface area contributed by atoms with Crippen LogP contribution in [0.1, 0.15) is 37.5 Å². The Hall–Kier alpha value is -2.16. The molecule has 30 heavy (non-hydrogen) atoms. The normalized spacial score (nSPS) is 20.3. The van der Waals surface area contributed by atoms with Crippen LogP contribution < -0.4 is 5.32 Å². The first-order valence-electron chi connectivity index (χ1n) is 10.2. The van der Waals surface area contributed by atoms with Crippen LogP contribution in [0.3, 0.4) is 0 Å². The van der Waals surface area contributed by atoms with Crippen molar-refractivity contribution in [3.05, 3.63) is 46.4 Å². The predicted molar refractivity (Wildman–Crippen MR) is 121 cm³/mol. The second-order valence-corrected chi connectivity index (χ2v) is 9.69. The summed E-state index contributed by atoms with van der Waals surface area (Å²) in [4.78, 5) is 13.0. The number of rotatable bonds is 4. The number of thiophene rings is 1. The van der Waals surface area contributed by atoms with Gasteiger partial charge >= 0.3 is 0 Å². The van der Waals surface area contributed by atoms with Crippen molar-refractivity contribution in [3.63, 3.8) is 0 Å². The molecule has 0 bridgehead atoms. The zero-order valence-electron chi connectivity index (χ0n) is 16.8. The molecule has 0 saturated carbocycles. The molecule has 1 aliphatic rings. The fourth-order valence-corrected chi connectivity index (χ4v) is 6.37. The number of thiazole rings is 1. The van der Waals surface area contributed by atoms with Gasteiger partial charge < -0.3 is 10.2 Å². The highest BCUT2D eigenvalue weighted by atomic mass is 32.1. The smallest absolute Gasteiger partial charge is 0.165 e. The molecule has 4 heterocycles. The molecule has 1 fully saturated rings. The first-order valence-corrected chi connectivity index (χ1v) is 11.9. The summed E-state index contributed by atoms with van der Waals surface area (Å²) in [7, 11) is 0. The van der Waals surface area contributed by atoms with Crippen molar-refractivity contribution < 1.29 is 8.78 Å². The number of aromatic nitrogens is 2. The van der Waals surface area contributed by atoms with E-state index in [2.05, 4.69) is 34.0 Å². The molecule has 1 saturated heterocycles. The second-order valence-electron chi connectivity index (χ2n) is 7.74. The van der Waals surface area contributed by atoms with E-state index in [1.54, 1.807) is 22.9 Å². The zero-order chi connectivity index (χ0) is 20.8. The van der Waals surface area contributed by atoms with Gasteiger partial charge in [-0.15, -0.1) is 22.7 Å². The van der Waals surface area contributed by atoms with Gasteiger partial charge in [0.25, 0.3) is 0 Å². The predicted octanol–water partition coefficient (Wildman–Crippen LogP) is 6.52. The molecule has 1 aromatic carbocycles. The van der Waals surface area contributed by atoms with Gasteiger partial charge in [-0.3, -0.25) is 0 Å². The van der Waals surface area contributed by atoms with Crippen LogP contribution in [0, 0.1) is 11.6 Å². The molecule has 1 N–H and O–H groups in total. The van der Waals surface area contributed by atoms with Crippen LogP contribution in [-0.2, 0) is 0 Å². The SMILES string of the molecule is CCN1CCC[C@@H](c2cc3c(Nc4cc5ncsc5cc4F)c(F)cnc3s2)[C@H]1C. The average Bonchev–Trinajstić information content (AvgIpc) is 3.37. The van der Waals surface area contributed by atoms with Gasteiger partial charge in [-0.05, 0) is 51.1 Å². The summed E-state index contributed by atoms with van der Waals surface area (Å²) in [6.45, 7) is 6.61. The number of hydrogen-bond acceptors (Lipinski definition) is 6. The first kappa shape index (κ1) is 19.8. The zero-order valence-corrected chi connectivity index (χ0v) is 18.4. The number of pyridine rings is 1. The summed E-state index contributed by atoms with van der Waals surface area (Å²) in [5.74, 6) is -0.514. The number of benzene rings is 1. The fourth-order valence-electron chi connectivity index (χ4n) is 4.44. The summed E-state index contributed by atoms with van der Waals surface area (Å²) in [6, 6.07) is 5.54. The van der Waals surface area contributed by atoms with Crippen molar-refractivity contribution in [1.82, 2.24) is 14.9 Å². The lowest BCUT2D eigenvalue weighted by Crippen LogP contribution is -2.41. The van der Waals surface area contributed by atoms with Crippen molar-refractivity contribution in [1.29, 1.82) is 0 Å². The van der Waals surface area contributed by atoms with Crippen LogP contribution in [-0.4, -0.2) is 34.0 Å². The van der Waals surface area contributed by atoms with Gasteiger partial charge in [0.1, 0.15) is 10.6 Å². The summed E-state index contributed by atoms with van der Waals surface area (Å²) >= 11 is 2.99. The summed E-state index contributed by atoms with van der Waals surface area (Å²) in [5, 5.41) is 3.69. The molecule has 4 nitrogen and oxygen atoms in total. The molecule has 3 aromatic heterocycles. The third kappa shape index (κ3) is 3.36. The quantitative estimate of drug-likeness (QED) is 0.389. The van der Waals surface area contributed by atoms with Gasteiger partial charge in [-0.2, -0.15) is 0 Å². The van der Waals surface area contributed by atoms with Crippen molar-refractivity contribution in [3.8, 4) is 0 Å². The van der Waals surface area contributed by atoms with Crippen LogP contribution in [0.4, 0.5) is 20.2 Å². The maximum Gasteiger partial charge on any atom is 0.165 e. The van der Waals surface area contributed by atoms with Gasteiger partial charge in [0.2, 0.25) is 0 Å². The highest BCUT2D eigenvalue weighted by molar-refractivity contribution is 7.18. The Kier molecular flexibility index (Phi) is 5.16. The molecule has 156 valence electrons. The summed E-state index contributed by atoms with van der Waals surface area (Å²) in [5.41, 5.74) is 2.86. The maximum atomic E-state index is 14.8. The molecule has 2 atom stereocenters. The number of fused-ring (bicyclic) bond motifs is 2. The number of hydrogen-bond donors (Lipinski definition) is 1. The lowest BCUT2D eigenvalue weighted by molar-refractivity contribution is 0.148. The number of piperidine rings is 1. The maximum absolute atomic E-state index is 14.8. The molecular weight excluding hydrogens is 422 g/mol. The van der Waals surface area contributed by atoms with Crippen LogP contribution in [0.5, 0.6) is 0 Å². The fraction of sp³-hybridized carbons (Fsp3) is 0.364. The minimum Gasteiger partial charge on any atom is -0.350 e. The third-order valence-electron chi connectivity index (χ3n) is 6.10. The van der Waals surface area contributed by atoms with E-state index >= 15 is 0 Å². The number of halogens is 2. The van der Waals surface area contributed by atoms with E-state index in [1.165, 1.54) is 28.5 Å². The molecule has 1 aliphatic heterocycles. The third-order valence-corrected chi connectivity index (χ3v) is 8.07. The molecule has 8 heteroatoms. The van der Waals surface area contributed by atoms with E-state index in [0.717, 1.165) is 35.5 Å². The molecule has 0 aliphatic carbocycles. The number of likely N-dealkylation sites (tertiary alicyclic amines) is 1. The lowest BCUT2D eigenvalue weighted by atomic mass is 9.89. The van der Waals surface area contributed by atoms with Crippen molar-refractivity contribution in [2.24, 2.45) is 0 Å². The Balaban J connectivity index is 1.55. The average molecular weight is 445 g/mol. The molecule has 4 aromatic rings. The van der Waals surface area contributed by atoms with E-state index < -0.39 is 11.6 Å². The van der Waals surface area contributed by atoms with Crippen molar-refractivity contribution in [2.45, 2.75) is 38.6 Å². The van der Waals surface area contributed by atoms with Crippen LogP contribution in [0.2, 0.25) is 0 Å². The van der Waals surface area contributed by atoms with Crippen LogP contribution >= 0.6 is 22.7 Å². The highest BCUT2D eigenvalue weighted by Gasteiger charge is 2.30. The Morgan fingerprint density at radius 2 is 2.07 bits per heavy atom. The van der Waals surface area contributed by atoms with Crippen LogP contribution in [0.25, 0.3) is 20.4 Å². The van der Waals surface area contributed by atoms with E-state index in [4.69, 9.17) is 0 Å². The van der Waals surface area contributed by atoms with Gasteiger partial charge in [-0.25, -0.2) is 18.7 Å². The Labute approximate surface area is 181 Å². The standard InChI is InChI=1S/C22H22F2N4S2/c1-3-28-6-4-5-13(12(28)2)19-7-14-21(16(24)10-25-22(14)30-19)27-17-9-18-20(8-15(17)23)29-11-26-18/h7-13H,3-6H2,1-2H3,(H,25,27)/t12-,13-/m1/s1. The second kappa shape index (κ2) is 7.83. The van der Waals surface area contributed by atoms with E-state index in [0.29, 0.717) is 22.9 Å². The van der Waals surface area contributed by atoms with Crippen molar-refractivity contribution >= 4 is 54.5 Å². The Morgan fingerprint density at radius 1 is 1.20 bits per heavy atom. The minimum absolute atomic E-state index is 0.218. The molecular formula is C22H22F2N4S2. The highest BCUT2D eigenvalue weighted by Crippen LogP contribution is 2.41. The summed E-state index contributed by atoms with van der Waals surface area (Å²) in [6.07, 6.45) is 3.49. The van der Waals surface area contributed by atoms with E-state index in [9.17, 15) is 8.78 Å². The van der Waals surface area contributed by atoms with Crippen molar-refractivity contribution in [2.75, 3.05) is 18.4 Å². The van der Waals surface area contributed by atoms with Gasteiger partial charge in [-0.1, -0.05) is 6.92 Å². The van der Waals surface area contributed by atoms with E-state index in [-0.39, 0.29) is 11.4 Å².